The average molecular weight is 367 g/mol. The number of ether oxygens (including phenoxy) is 1. The molecule has 0 fully saturated rings. The summed E-state index contributed by atoms with van der Waals surface area (Å²) in [7, 11) is 1.56. The zero-order valence-corrected chi connectivity index (χ0v) is 14.4. The van der Waals surface area contributed by atoms with Crippen LogP contribution in [0.5, 0.6) is 0 Å². The van der Waals surface area contributed by atoms with E-state index in [1.807, 2.05) is 0 Å². The molecule has 0 aliphatic heterocycles. The van der Waals surface area contributed by atoms with Gasteiger partial charge in [-0.05, 0) is 42.5 Å². The highest BCUT2D eigenvalue weighted by Crippen LogP contribution is 2.25. The van der Waals surface area contributed by atoms with Gasteiger partial charge in [-0.15, -0.1) is 0 Å². The molecular weight excluding hydrogens is 351 g/mol. The summed E-state index contributed by atoms with van der Waals surface area (Å²) in [4.78, 5) is 24.1. The molecule has 5 nitrogen and oxygen atoms in total. The number of hydrogen-bond donors (Lipinski definition) is 2. The Kier molecular flexibility index (Phi) is 6.61. The van der Waals surface area contributed by atoms with E-state index in [0.29, 0.717) is 40.0 Å². The number of amides is 2. The summed E-state index contributed by atoms with van der Waals surface area (Å²) in [6.07, 6.45) is 0. The smallest absolute Gasteiger partial charge is 0.255 e. The van der Waals surface area contributed by atoms with Crippen LogP contribution in [0.4, 0.5) is 5.69 Å². The van der Waals surface area contributed by atoms with Crippen molar-refractivity contribution in [2.45, 2.75) is 0 Å². The van der Waals surface area contributed by atoms with E-state index in [9.17, 15) is 9.59 Å². The van der Waals surface area contributed by atoms with Gasteiger partial charge in [0.05, 0.1) is 17.3 Å². The molecule has 0 spiro atoms. The second-order valence-electron chi connectivity index (χ2n) is 4.90. The van der Waals surface area contributed by atoms with Gasteiger partial charge in [-0.3, -0.25) is 9.59 Å². The monoisotopic (exact) mass is 366 g/mol. The molecule has 7 heteroatoms. The predicted octanol–water partition coefficient (Wildman–Crippen LogP) is 3.62. The lowest BCUT2D eigenvalue weighted by molar-refractivity contribution is 0.0935. The van der Waals surface area contributed by atoms with E-state index < -0.39 is 0 Å². The van der Waals surface area contributed by atoms with Gasteiger partial charge in [0.15, 0.2) is 0 Å². The molecular formula is C17H16Cl2N2O3. The topological polar surface area (TPSA) is 67.4 Å². The van der Waals surface area contributed by atoms with Crippen LogP contribution in [0.1, 0.15) is 20.7 Å². The summed E-state index contributed by atoms with van der Waals surface area (Å²) in [5.74, 6) is -0.551. The first-order valence-corrected chi connectivity index (χ1v) is 7.90. The fraction of sp³-hybridized carbons (Fsp3) is 0.176. The Morgan fingerprint density at radius 2 is 1.62 bits per heavy atom. The van der Waals surface area contributed by atoms with Crippen LogP contribution in [-0.2, 0) is 4.74 Å². The van der Waals surface area contributed by atoms with E-state index in [1.165, 1.54) is 0 Å². The minimum atomic E-state index is -0.328. The zero-order valence-electron chi connectivity index (χ0n) is 12.9. The molecule has 2 aromatic carbocycles. The molecule has 0 atom stereocenters. The third-order valence-electron chi connectivity index (χ3n) is 3.18. The molecule has 2 aromatic rings. The summed E-state index contributed by atoms with van der Waals surface area (Å²) in [6.45, 7) is 0.862. The van der Waals surface area contributed by atoms with Gasteiger partial charge in [0, 0.05) is 29.8 Å². The van der Waals surface area contributed by atoms with Crippen LogP contribution in [0, 0.1) is 0 Å². The van der Waals surface area contributed by atoms with Crippen LogP contribution in [0.15, 0.2) is 42.5 Å². The highest BCUT2D eigenvalue weighted by Gasteiger charge is 2.10. The van der Waals surface area contributed by atoms with E-state index >= 15 is 0 Å². The van der Waals surface area contributed by atoms with Gasteiger partial charge in [-0.1, -0.05) is 23.2 Å². The first-order valence-electron chi connectivity index (χ1n) is 7.15. The molecule has 0 aliphatic rings. The van der Waals surface area contributed by atoms with E-state index in [2.05, 4.69) is 10.6 Å². The van der Waals surface area contributed by atoms with Crippen LogP contribution >= 0.6 is 23.2 Å². The summed E-state index contributed by atoms with van der Waals surface area (Å²) in [6, 6.07) is 11.1. The number of anilines is 1. The number of carbonyl (C=O) groups excluding carboxylic acids is 2. The van der Waals surface area contributed by atoms with Crippen molar-refractivity contribution in [3.05, 3.63) is 63.6 Å². The summed E-state index contributed by atoms with van der Waals surface area (Å²) in [5, 5.41) is 6.24. The molecule has 0 radical (unpaired) electrons. The van der Waals surface area contributed by atoms with Gasteiger partial charge in [-0.25, -0.2) is 0 Å². The van der Waals surface area contributed by atoms with Crippen LogP contribution in [0.3, 0.4) is 0 Å². The molecule has 0 saturated heterocycles. The van der Waals surface area contributed by atoms with Crippen molar-refractivity contribution in [2.75, 3.05) is 25.6 Å². The Bertz CT molecular complexity index is 733. The van der Waals surface area contributed by atoms with E-state index in [4.69, 9.17) is 27.9 Å². The maximum Gasteiger partial charge on any atom is 0.255 e. The molecule has 0 aliphatic carbocycles. The SMILES string of the molecule is COCCNC(=O)c1ccc(C(=O)Nc2ccc(Cl)cc2Cl)cc1. The summed E-state index contributed by atoms with van der Waals surface area (Å²) >= 11 is 11.8. The van der Waals surface area contributed by atoms with Crippen molar-refractivity contribution in [3.63, 3.8) is 0 Å². The Balaban J connectivity index is 2.01. The summed E-state index contributed by atoms with van der Waals surface area (Å²) in [5.41, 5.74) is 1.34. The lowest BCUT2D eigenvalue weighted by atomic mass is 10.1. The number of benzene rings is 2. The van der Waals surface area contributed by atoms with Crippen molar-refractivity contribution >= 4 is 40.7 Å². The van der Waals surface area contributed by atoms with Crippen molar-refractivity contribution < 1.29 is 14.3 Å². The normalized spacial score (nSPS) is 10.3. The largest absolute Gasteiger partial charge is 0.383 e. The first kappa shape index (κ1) is 18.3. The highest BCUT2D eigenvalue weighted by molar-refractivity contribution is 6.36. The Morgan fingerprint density at radius 1 is 1.00 bits per heavy atom. The quantitative estimate of drug-likeness (QED) is 0.767. The van der Waals surface area contributed by atoms with Crippen LogP contribution in [0.25, 0.3) is 0 Å². The Labute approximate surface area is 149 Å². The summed E-state index contributed by atoms with van der Waals surface area (Å²) < 4.78 is 4.87. The fourth-order valence-electron chi connectivity index (χ4n) is 1.93. The molecule has 2 N–H and O–H groups in total. The first-order chi connectivity index (χ1) is 11.5. The molecule has 0 aromatic heterocycles. The van der Waals surface area contributed by atoms with E-state index in [0.717, 1.165) is 0 Å². The minimum Gasteiger partial charge on any atom is -0.383 e. The molecule has 24 heavy (non-hydrogen) atoms. The fourth-order valence-corrected chi connectivity index (χ4v) is 2.38. The van der Waals surface area contributed by atoms with Gasteiger partial charge in [0.1, 0.15) is 0 Å². The van der Waals surface area contributed by atoms with Crippen molar-refractivity contribution in [2.24, 2.45) is 0 Å². The number of rotatable bonds is 6. The van der Waals surface area contributed by atoms with Gasteiger partial charge >= 0.3 is 0 Å². The second kappa shape index (κ2) is 8.68. The third-order valence-corrected chi connectivity index (χ3v) is 3.73. The average Bonchev–Trinajstić information content (AvgIpc) is 2.57. The molecule has 0 bridgehead atoms. The zero-order chi connectivity index (χ0) is 17.5. The van der Waals surface area contributed by atoms with Gasteiger partial charge in [0.25, 0.3) is 11.8 Å². The number of methoxy groups -OCH3 is 1. The molecule has 2 amide bonds. The lowest BCUT2D eigenvalue weighted by Gasteiger charge is -2.08. The van der Waals surface area contributed by atoms with E-state index in [-0.39, 0.29) is 11.8 Å². The van der Waals surface area contributed by atoms with Crippen LogP contribution in [-0.4, -0.2) is 32.1 Å². The van der Waals surface area contributed by atoms with E-state index in [1.54, 1.807) is 49.6 Å². The van der Waals surface area contributed by atoms with Gasteiger partial charge < -0.3 is 15.4 Å². The Morgan fingerprint density at radius 3 is 2.21 bits per heavy atom. The highest BCUT2D eigenvalue weighted by atomic mass is 35.5. The number of nitrogens with one attached hydrogen (secondary N) is 2. The third kappa shape index (κ3) is 4.96. The minimum absolute atomic E-state index is 0.222. The lowest BCUT2D eigenvalue weighted by Crippen LogP contribution is -2.26. The van der Waals surface area contributed by atoms with Crippen molar-refractivity contribution in [3.8, 4) is 0 Å². The van der Waals surface area contributed by atoms with Crippen LogP contribution in [0.2, 0.25) is 10.0 Å². The Hall–Kier alpha value is -2.08. The maximum atomic E-state index is 12.2. The number of carbonyl (C=O) groups is 2. The van der Waals surface area contributed by atoms with Crippen LogP contribution < -0.4 is 10.6 Å². The standard InChI is InChI=1S/C17H16Cl2N2O3/c1-24-9-8-20-16(22)11-2-4-12(5-3-11)17(23)21-15-7-6-13(18)10-14(15)19/h2-7,10H,8-9H2,1H3,(H,20,22)(H,21,23). The number of halogens is 2. The molecule has 126 valence electrons. The molecule has 2 rings (SSSR count). The van der Waals surface area contributed by atoms with Crippen molar-refractivity contribution in [1.29, 1.82) is 0 Å². The van der Waals surface area contributed by atoms with Gasteiger partial charge in [0.2, 0.25) is 0 Å². The van der Waals surface area contributed by atoms with Crippen molar-refractivity contribution in [1.82, 2.24) is 5.32 Å². The van der Waals surface area contributed by atoms with Gasteiger partial charge in [-0.2, -0.15) is 0 Å². The predicted molar refractivity (Wildman–Crippen MR) is 95.1 cm³/mol. The molecule has 0 unspecified atom stereocenters. The second-order valence-corrected chi connectivity index (χ2v) is 5.75. The molecule has 0 saturated carbocycles. The number of hydrogen-bond acceptors (Lipinski definition) is 3. The molecule has 0 heterocycles. The maximum absolute atomic E-state index is 12.2.